The summed E-state index contributed by atoms with van der Waals surface area (Å²) in [5.74, 6) is 1.27. The first-order valence-electron chi connectivity index (χ1n) is 8.75. The van der Waals surface area contributed by atoms with E-state index in [2.05, 4.69) is 28.8 Å². The van der Waals surface area contributed by atoms with Crippen molar-refractivity contribution < 1.29 is 9.53 Å². The van der Waals surface area contributed by atoms with E-state index in [9.17, 15) is 4.79 Å². The molecule has 2 atom stereocenters. The van der Waals surface area contributed by atoms with Crippen LogP contribution in [0.2, 0.25) is 0 Å². The van der Waals surface area contributed by atoms with Crippen LogP contribution < -0.4 is 5.43 Å². The lowest BCUT2D eigenvalue weighted by Gasteiger charge is -2.42. The fourth-order valence-corrected chi connectivity index (χ4v) is 5.10. The van der Waals surface area contributed by atoms with Gasteiger partial charge in [-0.1, -0.05) is 12.5 Å². The van der Waals surface area contributed by atoms with E-state index in [0.717, 1.165) is 37.9 Å². The zero-order valence-corrected chi connectivity index (χ0v) is 16.0. The summed E-state index contributed by atoms with van der Waals surface area (Å²) in [7, 11) is 1.80. The van der Waals surface area contributed by atoms with Crippen LogP contribution in [0.15, 0.2) is 35.5 Å². The highest BCUT2D eigenvalue weighted by Crippen LogP contribution is 2.62. The number of hydrogen-bond donors (Lipinski definition) is 1. The van der Waals surface area contributed by atoms with Gasteiger partial charge in [-0.25, -0.2) is 0 Å². The van der Waals surface area contributed by atoms with Gasteiger partial charge in [0.25, 0.3) is 0 Å². The Morgan fingerprint density at radius 1 is 1.24 bits per heavy atom. The number of allylic oxidation sites excluding steroid dienone is 3. The molecule has 7 heteroatoms. The summed E-state index contributed by atoms with van der Waals surface area (Å²) in [6.45, 7) is 0. The lowest BCUT2D eigenvalue weighted by atomic mass is 9.65. The normalized spacial score (nSPS) is 35.4. The SMILES string of the molecule is CN1NC2(CC1=O)CC13CCCCC1=CN1C=CCCC1=C3O2.Cl.Cl. The molecular formula is C18H25Cl2N3O2. The summed E-state index contributed by atoms with van der Waals surface area (Å²) >= 11 is 0. The number of rotatable bonds is 0. The Hall–Kier alpha value is -1.17. The molecule has 0 radical (unpaired) electrons. The van der Waals surface area contributed by atoms with Gasteiger partial charge in [0.2, 0.25) is 5.91 Å². The number of halogens is 2. The number of ether oxygens (including phenoxy) is 1. The molecule has 0 aromatic rings. The lowest BCUT2D eigenvalue weighted by molar-refractivity contribution is -0.128. The molecule has 25 heavy (non-hydrogen) atoms. The van der Waals surface area contributed by atoms with Crippen molar-refractivity contribution in [2.75, 3.05) is 7.05 Å². The van der Waals surface area contributed by atoms with Gasteiger partial charge in [-0.05, 0) is 37.7 Å². The van der Waals surface area contributed by atoms with Crippen LogP contribution in [0.3, 0.4) is 0 Å². The minimum absolute atomic E-state index is 0. The molecule has 5 aliphatic rings. The van der Waals surface area contributed by atoms with E-state index in [1.165, 1.54) is 24.1 Å². The van der Waals surface area contributed by atoms with Gasteiger partial charge in [0, 0.05) is 25.9 Å². The van der Waals surface area contributed by atoms with E-state index in [4.69, 9.17) is 4.74 Å². The van der Waals surface area contributed by atoms with E-state index in [0.29, 0.717) is 6.42 Å². The first kappa shape index (κ1) is 18.6. The summed E-state index contributed by atoms with van der Waals surface area (Å²) in [6.07, 6.45) is 15.0. The molecule has 1 amide bonds. The first-order chi connectivity index (χ1) is 11.1. The molecule has 1 N–H and O–H groups in total. The van der Waals surface area contributed by atoms with E-state index in [-0.39, 0.29) is 36.1 Å². The van der Waals surface area contributed by atoms with Crippen molar-refractivity contribution in [1.82, 2.24) is 15.3 Å². The van der Waals surface area contributed by atoms with Crippen LogP contribution in [0.4, 0.5) is 0 Å². The number of carbonyl (C=O) groups excluding carboxylic acids is 1. The lowest BCUT2D eigenvalue weighted by Crippen LogP contribution is -2.45. The Bertz CT molecular complexity index is 690. The third kappa shape index (κ3) is 2.51. The van der Waals surface area contributed by atoms with Gasteiger partial charge in [0.1, 0.15) is 5.76 Å². The van der Waals surface area contributed by atoms with Crippen molar-refractivity contribution in [3.8, 4) is 0 Å². The minimum atomic E-state index is -0.540. The predicted molar refractivity (Wildman–Crippen MR) is 99.7 cm³/mol. The third-order valence-corrected chi connectivity index (χ3v) is 6.10. The molecule has 0 aromatic carbocycles. The Morgan fingerprint density at radius 3 is 2.84 bits per heavy atom. The van der Waals surface area contributed by atoms with Crippen LogP contribution in [0, 0.1) is 5.41 Å². The first-order valence-corrected chi connectivity index (χ1v) is 8.75. The van der Waals surface area contributed by atoms with Gasteiger partial charge < -0.3 is 9.64 Å². The monoisotopic (exact) mass is 385 g/mol. The second-order valence-corrected chi connectivity index (χ2v) is 7.56. The molecule has 4 heterocycles. The third-order valence-electron chi connectivity index (χ3n) is 6.10. The number of hydrazine groups is 1. The molecule has 2 saturated heterocycles. The molecule has 5 nitrogen and oxygen atoms in total. The fraction of sp³-hybridized carbons (Fsp3) is 0.611. The molecule has 1 saturated carbocycles. The second kappa shape index (κ2) is 6.22. The van der Waals surface area contributed by atoms with E-state index in [1.54, 1.807) is 12.1 Å². The van der Waals surface area contributed by atoms with Crippen molar-refractivity contribution in [2.24, 2.45) is 5.41 Å². The summed E-state index contributed by atoms with van der Waals surface area (Å²) in [6, 6.07) is 0. The summed E-state index contributed by atoms with van der Waals surface area (Å²) in [4.78, 5) is 14.4. The van der Waals surface area contributed by atoms with Crippen molar-refractivity contribution in [3.05, 3.63) is 35.5 Å². The molecule has 5 rings (SSSR count). The van der Waals surface area contributed by atoms with Crippen LogP contribution >= 0.6 is 24.8 Å². The van der Waals surface area contributed by atoms with Crippen LogP contribution in [0.5, 0.6) is 0 Å². The van der Waals surface area contributed by atoms with E-state index in [1.807, 2.05) is 0 Å². The predicted octanol–water partition coefficient (Wildman–Crippen LogP) is 3.59. The zero-order chi connectivity index (χ0) is 15.7. The van der Waals surface area contributed by atoms with Gasteiger partial charge in [-0.15, -0.1) is 24.8 Å². The van der Waals surface area contributed by atoms with Gasteiger partial charge >= 0.3 is 0 Å². The molecule has 0 aromatic heterocycles. The number of amides is 1. The van der Waals surface area contributed by atoms with Gasteiger partial charge in [0.05, 0.1) is 17.5 Å². The maximum Gasteiger partial charge on any atom is 0.242 e. The van der Waals surface area contributed by atoms with Gasteiger partial charge in [-0.3, -0.25) is 9.80 Å². The molecular weight excluding hydrogens is 361 g/mol. The average molecular weight is 386 g/mol. The number of nitrogens with zero attached hydrogens (tertiary/aromatic N) is 2. The van der Waals surface area contributed by atoms with Gasteiger partial charge in [-0.2, -0.15) is 5.43 Å². The van der Waals surface area contributed by atoms with E-state index < -0.39 is 5.72 Å². The number of carbonyl (C=O) groups is 1. The topological polar surface area (TPSA) is 44.8 Å². The quantitative estimate of drug-likeness (QED) is 0.691. The van der Waals surface area contributed by atoms with Crippen molar-refractivity contribution in [2.45, 2.75) is 57.1 Å². The van der Waals surface area contributed by atoms with Crippen molar-refractivity contribution >= 4 is 30.7 Å². The zero-order valence-electron chi connectivity index (χ0n) is 14.4. The van der Waals surface area contributed by atoms with Crippen LogP contribution in [-0.4, -0.2) is 28.6 Å². The largest absolute Gasteiger partial charge is 0.472 e. The summed E-state index contributed by atoms with van der Waals surface area (Å²) in [5, 5.41) is 1.60. The molecule has 4 aliphatic heterocycles. The molecule has 138 valence electrons. The maximum atomic E-state index is 12.1. The highest BCUT2D eigenvalue weighted by atomic mass is 35.5. The van der Waals surface area contributed by atoms with Crippen molar-refractivity contribution in [1.29, 1.82) is 0 Å². The minimum Gasteiger partial charge on any atom is -0.472 e. The van der Waals surface area contributed by atoms with Crippen LogP contribution in [0.25, 0.3) is 0 Å². The molecule has 3 fully saturated rings. The smallest absolute Gasteiger partial charge is 0.242 e. The van der Waals surface area contributed by atoms with Crippen LogP contribution in [0.1, 0.15) is 51.4 Å². The van der Waals surface area contributed by atoms with E-state index >= 15 is 0 Å². The Kier molecular flexibility index (Phi) is 4.63. The highest BCUT2D eigenvalue weighted by Gasteiger charge is 2.61. The van der Waals surface area contributed by atoms with Crippen LogP contribution in [-0.2, 0) is 9.53 Å². The fourth-order valence-electron chi connectivity index (χ4n) is 5.10. The standard InChI is InChI=1S/C18H23N3O2.2ClH/c1-20-15(22)10-18(19-20)12-17-8-4-2-6-13(17)11-21-9-5-3-7-14(21)16(17)23-18;;/h5,9,11,19H,2-4,6-8,10,12H2,1H3;2*1H. The molecule has 2 spiro atoms. The Balaban J connectivity index is 0.000000911. The second-order valence-electron chi connectivity index (χ2n) is 7.56. The Morgan fingerprint density at radius 2 is 2.08 bits per heavy atom. The van der Waals surface area contributed by atoms with Crippen molar-refractivity contribution in [3.63, 3.8) is 0 Å². The summed E-state index contributed by atoms with van der Waals surface area (Å²) < 4.78 is 6.57. The number of hydrogen-bond acceptors (Lipinski definition) is 4. The molecule has 2 unspecified atom stereocenters. The number of nitrogens with one attached hydrogen (secondary N) is 1. The Labute approximate surface area is 160 Å². The molecule has 1 aliphatic carbocycles. The molecule has 0 bridgehead atoms. The summed E-state index contributed by atoms with van der Waals surface area (Å²) in [5.41, 5.74) is 5.60. The maximum absolute atomic E-state index is 12.1. The average Bonchev–Trinajstić information content (AvgIpc) is 3.00. The van der Waals surface area contributed by atoms with Gasteiger partial charge in [0.15, 0.2) is 5.72 Å². The highest BCUT2D eigenvalue weighted by molar-refractivity contribution is 5.85. The number of fused-ring (bicyclic) bond motifs is 1.